The van der Waals surface area contributed by atoms with Crippen molar-refractivity contribution in [2.24, 2.45) is 0 Å². The lowest BCUT2D eigenvalue weighted by molar-refractivity contribution is 0.424. The molecule has 3 aromatic rings. The van der Waals surface area contributed by atoms with Crippen LogP contribution in [0.3, 0.4) is 0 Å². The van der Waals surface area contributed by atoms with Gasteiger partial charge in [-0.3, -0.25) is 5.10 Å². The third-order valence-corrected chi connectivity index (χ3v) is 2.80. The van der Waals surface area contributed by atoms with Crippen molar-refractivity contribution >= 4 is 17.4 Å². The molecule has 0 bridgehead atoms. The van der Waals surface area contributed by atoms with Gasteiger partial charge in [-0.05, 0) is 13.8 Å². The van der Waals surface area contributed by atoms with E-state index in [1.54, 1.807) is 13.0 Å². The third kappa shape index (κ3) is 1.68. The number of halogens is 1. The number of fused-ring (bicyclic) bond motifs is 1. The molecule has 18 heavy (non-hydrogen) atoms. The van der Waals surface area contributed by atoms with Crippen molar-refractivity contribution in [3.8, 4) is 11.8 Å². The first-order valence-corrected chi connectivity index (χ1v) is 5.58. The zero-order chi connectivity index (χ0) is 12.7. The van der Waals surface area contributed by atoms with Gasteiger partial charge in [0.2, 0.25) is 11.8 Å². The van der Waals surface area contributed by atoms with Gasteiger partial charge in [0.15, 0.2) is 0 Å². The van der Waals surface area contributed by atoms with Gasteiger partial charge >= 0.3 is 0 Å². The Morgan fingerprint density at radius 3 is 2.94 bits per heavy atom. The zero-order valence-electron chi connectivity index (χ0n) is 9.68. The Balaban J connectivity index is 2.15. The summed E-state index contributed by atoms with van der Waals surface area (Å²) in [6.45, 7) is 3.68. The molecule has 0 radical (unpaired) electrons. The molecule has 0 spiro atoms. The molecule has 3 heterocycles. The van der Waals surface area contributed by atoms with Crippen molar-refractivity contribution in [2.75, 3.05) is 0 Å². The Kier molecular flexibility index (Phi) is 2.41. The maximum absolute atomic E-state index is 6.02. The fourth-order valence-electron chi connectivity index (χ4n) is 1.54. The van der Waals surface area contributed by atoms with Gasteiger partial charge in [-0.25, -0.2) is 0 Å². The van der Waals surface area contributed by atoms with Crippen LogP contribution in [-0.2, 0) is 0 Å². The van der Waals surface area contributed by atoms with Crippen LogP contribution < -0.4 is 4.74 Å². The number of aryl methyl sites for hydroxylation is 1. The maximum Gasteiger partial charge on any atom is 0.256 e. The van der Waals surface area contributed by atoms with E-state index in [4.69, 9.17) is 16.3 Å². The lowest BCUT2D eigenvalue weighted by Gasteiger charge is -2.07. The summed E-state index contributed by atoms with van der Waals surface area (Å²) in [6, 6.07) is 1.77. The Hall–Kier alpha value is -2.15. The van der Waals surface area contributed by atoms with Crippen LogP contribution in [0, 0.1) is 13.8 Å². The Bertz CT molecular complexity index is 718. The minimum absolute atomic E-state index is 0.331. The lowest BCUT2D eigenvalue weighted by atomic mass is 10.4. The molecular weight excluding hydrogens is 256 g/mol. The molecule has 3 aromatic heterocycles. The first kappa shape index (κ1) is 11.0. The van der Waals surface area contributed by atoms with E-state index < -0.39 is 0 Å². The Labute approximate surface area is 107 Å². The molecule has 7 nitrogen and oxygen atoms in total. The Morgan fingerprint density at radius 2 is 2.22 bits per heavy atom. The molecule has 0 unspecified atom stereocenters. The molecular formula is C10H9ClN6O. The summed E-state index contributed by atoms with van der Waals surface area (Å²) in [5.74, 6) is 1.27. The van der Waals surface area contributed by atoms with E-state index in [9.17, 15) is 0 Å². The van der Waals surface area contributed by atoms with Gasteiger partial charge in [0.1, 0.15) is 11.5 Å². The molecule has 92 valence electrons. The SMILES string of the molecule is Cc1cc(Oc2c(C)c(Cl)nc3ncnn23)n[nH]1. The second-order valence-corrected chi connectivity index (χ2v) is 4.15. The zero-order valence-corrected chi connectivity index (χ0v) is 10.4. The molecule has 8 heteroatoms. The second-order valence-electron chi connectivity index (χ2n) is 3.80. The van der Waals surface area contributed by atoms with Crippen LogP contribution in [0.25, 0.3) is 5.78 Å². The number of nitrogens with zero attached hydrogens (tertiary/aromatic N) is 5. The van der Waals surface area contributed by atoms with Crippen LogP contribution in [0.1, 0.15) is 11.3 Å². The fourth-order valence-corrected chi connectivity index (χ4v) is 1.69. The van der Waals surface area contributed by atoms with Crippen molar-refractivity contribution in [3.63, 3.8) is 0 Å². The van der Waals surface area contributed by atoms with E-state index in [1.807, 2.05) is 6.92 Å². The average Bonchev–Trinajstić information content (AvgIpc) is 2.93. The number of rotatable bonds is 2. The number of hydrogen-bond acceptors (Lipinski definition) is 5. The second kappa shape index (κ2) is 3.95. The molecule has 0 fully saturated rings. The third-order valence-electron chi connectivity index (χ3n) is 2.43. The first-order chi connectivity index (χ1) is 8.65. The normalized spacial score (nSPS) is 11.1. The number of aromatic amines is 1. The molecule has 3 rings (SSSR count). The average molecular weight is 265 g/mol. The summed E-state index contributed by atoms with van der Waals surface area (Å²) in [5.41, 5.74) is 1.58. The monoisotopic (exact) mass is 264 g/mol. The highest BCUT2D eigenvalue weighted by atomic mass is 35.5. The summed E-state index contributed by atoms with van der Waals surface area (Å²) in [5, 5.41) is 11.2. The van der Waals surface area contributed by atoms with Gasteiger partial charge in [0.05, 0.1) is 0 Å². The van der Waals surface area contributed by atoms with Crippen LogP contribution in [0.4, 0.5) is 0 Å². The highest BCUT2D eigenvalue weighted by Gasteiger charge is 2.15. The van der Waals surface area contributed by atoms with Gasteiger partial charge in [0, 0.05) is 17.3 Å². The number of hydrogen-bond donors (Lipinski definition) is 1. The van der Waals surface area contributed by atoms with Gasteiger partial charge in [-0.2, -0.15) is 19.6 Å². The van der Waals surface area contributed by atoms with Gasteiger partial charge in [-0.1, -0.05) is 11.6 Å². The topological polar surface area (TPSA) is 81.0 Å². The summed E-state index contributed by atoms with van der Waals surface area (Å²) < 4.78 is 7.15. The highest BCUT2D eigenvalue weighted by Crippen LogP contribution is 2.27. The predicted molar refractivity (Wildman–Crippen MR) is 63.9 cm³/mol. The first-order valence-electron chi connectivity index (χ1n) is 5.21. The van der Waals surface area contributed by atoms with Crippen molar-refractivity contribution in [1.82, 2.24) is 29.8 Å². The van der Waals surface area contributed by atoms with E-state index in [1.165, 1.54) is 10.8 Å². The Morgan fingerprint density at radius 1 is 1.39 bits per heavy atom. The molecule has 0 saturated heterocycles. The van der Waals surface area contributed by atoms with Crippen molar-refractivity contribution in [1.29, 1.82) is 0 Å². The maximum atomic E-state index is 6.02. The molecule has 0 atom stereocenters. The van der Waals surface area contributed by atoms with Gasteiger partial charge < -0.3 is 4.74 Å². The molecule has 0 amide bonds. The largest absolute Gasteiger partial charge is 0.419 e. The van der Waals surface area contributed by atoms with Crippen molar-refractivity contribution < 1.29 is 4.74 Å². The quantitative estimate of drug-likeness (QED) is 0.715. The van der Waals surface area contributed by atoms with Crippen molar-refractivity contribution in [2.45, 2.75) is 13.8 Å². The molecule has 0 aromatic carbocycles. The number of nitrogens with one attached hydrogen (secondary N) is 1. The molecule has 1 N–H and O–H groups in total. The fraction of sp³-hybridized carbons (Fsp3) is 0.200. The summed E-state index contributed by atoms with van der Waals surface area (Å²) in [7, 11) is 0. The molecule has 0 saturated carbocycles. The predicted octanol–water partition coefficient (Wildman–Crippen LogP) is 1.91. The minimum atomic E-state index is 0.331. The standard InChI is InChI=1S/C10H9ClN6O/c1-5-3-7(16-15-5)18-9-6(2)8(11)14-10-12-4-13-17(9)10/h3-4H,1-2H3,(H,15,16). The van der Waals surface area contributed by atoms with Crippen molar-refractivity contribution in [3.05, 3.63) is 28.8 Å². The highest BCUT2D eigenvalue weighted by molar-refractivity contribution is 6.30. The van der Waals surface area contributed by atoms with Gasteiger partial charge in [0.25, 0.3) is 5.78 Å². The van der Waals surface area contributed by atoms with Crippen LogP contribution in [0.2, 0.25) is 5.15 Å². The van der Waals surface area contributed by atoms with E-state index >= 15 is 0 Å². The summed E-state index contributed by atoms with van der Waals surface area (Å²) >= 11 is 6.02. The summed E-state index contributed by atoms with van der Waals surface area (Å²) in [4.78, 5) is 8.07. The van der Waals surface area contributed by atoms with E-state index in [-0.39, 0.29) is 0 Å². The lowest BCUT2D eigenvalue weighted by Crippen LogP contribution is -2.01. The molecule has 0 aliphatic carbocycles. The number of aromatic nitrogens is 6. The molecule has 0 aliphatic heterocycles. The molecule has 0 aliphatic rings. The van der Waals surface area contributed by atoms with Crippen LogP contribution in [0.15, 0.2) is 12.4 Å². The minimum Gasteiger partial charge on any atom is -0.419 e. The number of ether oxygens (including phenoxy) is 1. The smallest absolute Gasteiger partial charge is 0.256 e. The van der Waals surface area contributed by atoms with Crippen LogP contribution in [0.5, 0.6) is 11.8 Å². The van der Waals surface area contributed by atoms with Crippen LogP contribution in [-0.4, -0.2) is 29.8 Å². The van der Waals surface area contributed by atoms with E-state index in [0.29, 0.717) is 28.3 Å². The van der Waals surface area contributed by atoms with E-state index in [2.05, 4.69) is 25.3 Å². The van der Waals surface area contributed by atoms with Crippen LogP contribution >= 0.6 is 11.6 Å². The summed E-state index contributed by atoms with van der Waals surface area (Å²) in [6.07, 6.45) is 1.39. The van der Waals surface area contributed by atoms with E-state index in [0.717, 1.165) is 5.69 Å². The van der Waals surface area contributed by atoms with Gasteiger partial charge in [-0.15, -0.1) is 5.10 Å². The number of H-pyrrole nitrogens is 1.